The molecule has 19 heavy (non-hydrogen) atoms. The Hall–Kier alpha value is -1.88. The molecule has 0 aromatic carbocycles. The van der Waals surface area contributed by atoms with Crippen molar-refractivity contribution in [3.05, 3.63) is 30.7 Å². The molecule has 3 rings (SSSR count). The topological polar surface area (TPSA) is 43.9 Å². The van der Waals surface area contributed by atoms with Crippen LogP contribution in [0.25, 0.3) is 22.2 Å². The number of aromatic nitrogens is 3. The summed E-state index contributed by atoms with van der Waals surface area (Å²) in [4.78, 5) is 4.49. The summed E-state index contributed by atoms with van der Waals surface area (Å²) in [6, 6.07) is 4.12. The van der Waals surface area contributed by atoms with E-state index in [-0.39, 0.29) is 0 Å². The highest BCUT2D eigenvalue weighted by Gasteiger charge is 2.22. The average molecular weight is 271 g/mol. The summed E-state index contributed by atoms with van der Waals surface area (Å²) in [6.07, 6.45) is 5.69. The second kappa shape index (κ2) is 4.06. The molecule has 0 amide bonds. The lowest BCUT2D eigenvalue weighted by molar-refractivity contribution is 0.648. The second-order valence-corrected chi connectivity index (χ2v) is 10.9. The number of rotatable bonds is 2. The summed E-state index contributed by atoms with van der Waals surface area (Å²) >= 11 is 0. The average Bonchev–Trinajstić information content (AvgIpc) is 2.92. The van der Waals surface area contributed by atoms with Gasteiger partial charge in [-0.25, -0.2) is 0 Å². The monoisotopic (exact) mass is 271 g/mol. The molecule has 3 aromatic rings. The lowest BCUT2D eigenvalue weighted by Gasteiger charge is -2.10. The van der Waals surface area contributed by atoms with Gasteiger partial charge in [-0.1, -0.05) is 19.6 Å². The maximum atomic E-state index is 5.97. The first-order chi connectivity index (χ1) is 8.93. The van der Waals surface area contributed by atoms with Crippen LogP contribution in [-0.2, 0) is 7.05 Å². The van der Waals surface area contributed by atoms with E-state index in [0.717, 1.165) is 27.6 Å². The van der Waals surface area contributed by atoms with Crippen LogP contribution >= 0.6 is 0 Å². The van der Waals surface area contributed by atoms with Gasteiger partial charge in [0.15, 0.2) is 5.58 Å². The minimum atomic E-state index is -1.43. The molecule has 0 N–H and O–H groups in total. The smallest absolute Gasteiger partial charge is 0.152 e. The van der Waals surface area contributed by atoms with E-state index < -0.39 is 8.07 Å². The molecule has 0 radical (unpaired) electrons. The number of hydrogen-bond donors (Lipinski definition) is 0. The number of furan rings is 1. The number of pyridine rings is 1. The Balaban J connectivity index is 2.11. The van der Waals surface area contributed by atoms with Crippen LogP contribution in [0, 0.1) is 0 Å². The van der Waals surface area contributed by atoms with Crippen LogP contribution in [-0.4, -0.2) is 22.8 Å². The molecule has 3 heterocycles. The van der Waals surface area contributed by atoms with Gasteiger partial charge in [0.25, 0.3) is 0 Å². The van der Waals surface area contributed by atoms with Crippen molar-refractivity contribution in [1.29, 1.82) is 0 Å². The summed E-state index contributed by atoms with van der Waals surface area (Å²) < 4.78 is 7.76. The standard InChI is InChI=1S/C14H17N3OSi/c1-17-9-11(8-16-17)10-5-13-12(15-7-10)6-14(18-13)19(2,3)4/h5-9H,1-4H3. The summed E-state index contributed by atoms with van der Waals surface area (Å²) in [5.74, 6) is 0. The fourth-order valence-corrected chi connectivity index (χ4v) is 3.00. The molecule has 0 aliphatic heterocycles. The predicted molar refractivity (Wildman–Crippen MR) is 79.2 cm³/mol. The van der Waals surface area contributed by atoms with Crippen LogP contribution in [0.2, 0.25) is 19.6 Å². The SMILES string of the molecule is Cn1cc(-c2cnc3cc([Si](C)(C)C)oc3c2)cn1. The minimum absolute atomic E-state index is 0.860. The molecule has 0 bridgehead atoms. The van der Waals surface area contributed by atoms with Gasteiger partial charge >= 0.3 is 0 Å². The van der Waals surface area contributed by atoms with Crippen molar-refractivity contribution in [1.82, 2.24) is 14.8 Å². The van der Waals surface area contributed by atoms with Crippen LogP contribution < -0.4 is 5.38 Å². The zero-order chi connectivity index (χ0) is 13.6. The molecule has 0 atom stereocenters. The fraction of sp³-hybridized carbons (Fsp3) is 0.286. The highest BCUT2D eigenvalue weighted by molar-refractivity contribution is 6.87. The van der Waals surface area contributed by atoms with Gasteiger partial charge < -0.3 is 4.42 Å². The van der Waals surface area contributed by atoms with E-state index in [2.05, 4.69) is 35.8 Å². The highest BCUT2D eigenvalue weighted by atomic mass is 28.3. The molecule has 0 aliphatic carbocycles. The summed E-state index contributed by atoms with van der Waals surface area (Å²) in [7, 11) is 0.476. The summed E-state index contributed by atoms with van der Waals surface area (Å²) in [6.45, 7) is 6.81. The first kappa shape index (κ1) is 12.2. The third kappa shape index (κ3) is 2.21. The third-order valence-electron chi connectivity index (χ3n) is 3.15. The van der Waals surface area contributed by atoms with E-state index in [1.54, 1.807) is 4.68 Å². The maximum Gasteiger partial charge on any atom is 0.152 e. The quantitative estimate of drug-likeness (QED) is 0.673. The Morgan fingerprint density at radius 3 is 2.53 bits per heavy atom. The molecule has 5 heteroatoms. The van der Waals surface area contributed by atoms with E-state index in [0.29, 0.717) is 0 Å². The van der Waals surface area contributed by atoms with Gasteiger partial charge in [0.05, 0.1) is 11.6 Å². The van der Waals surface area contributed by atoms with Crippen molar-refractivity contribution in [2.24, 2.45) is 7.05 Å². The lowest BCUT2D eigenvalue weighted by atomic mass is 10.1. The molecule has 0 unspecified atom stereocenters. The molecule has 0 fully saturated rings. The first-order valence-corrected chi connectivity index (χ1v) is 9.82. The van der Waals surface area contributed by atoms with E-state index in [1.807, 2.05) is 31.7 Å². The lowest BCUT2D eigenvalue weighted by Crippen LogP contribution is -2.36. The molecular formula is C14H17N3OSi. The number of fused-ring (bicyclic) bond motifs is 1. The van der Waals surface area contributed by atoms with E-state index in [9.17, 15) is 0 Å². The molecule has 0 spiro atoms. The molecule has 0 saturated carbocycles. The Morgan fingerprint density at radius 1 is 1.11 bits per heavy atom. The molecular weight excluding hydrogens is 254 g/mol. The van der Waals surface area contributed by atoms with Crippen LogP contribution in [0.15, 0.2) is 35.1 Å². The molecule has 4 nitrogen and oxygen atoms in total. The van der Waals surface area contributed by atoms with Gasteiger partial charge in [-0.15, -0.1) is 0 Å². The van der Waals surface area contributed by atoms with Gasteiger partial charge in [0, 0.05) is 36.6 Å². The molecule has 98 valence electrons. The summed E-state index contributed by atoms with van der Waals surface area (Å²) in [5, 5.41) is 5.28. The van der Waals surface area contributed by atoms with Crippen molar-refractivity contribution in [2.45, 2.75) is 19.6 Å². The molecule has 0 saturated heterocycles. The predicted octanol–water partition coefficient (Wildman–Crippen LogP) is 2.77. The zero-order valence-electron chi connectivity index (χ0n) is 11.6. The van der Waals surface area contributed by atoms with Crippen molar-refractivity contribution >= 4 is 24.6 Å². The van der Waals surface area contributed by atoms with Gasteiger partial charge in [0.1, 0.15) is 13.6 Å². The third-order valence-corrected chi connectivity index (χ3v) is 4.87. The Morgan fingerprint density at radius 2 is 1.89 bits per heavy atom. The Bertz CT molecular complexity index is 737. The first-order valence-electron chi connectivity index (χ1n) is 6.32. The van der Waals surface area contributed by atoms with Crippen LogP contribution in [0.5, 0.6) is 0 Å². The zero-order valence-corrected chi connectivity index (χ0v) is 12.6. The number of nitrogens with zero attached hydrogens (tertiary/aromatic N) is 3. The van der Waals surface area contributed by atoms with Crippen molar-refractivity contribution in [3.63, 3.8) is 0 Å². The molecule has 0 aliphatic rings. The van der Waals surface area contributed by atoms with E-state index >= 15 is 0 Å². The van der Waals surface area contributed by atoms with Gasteiger partial charge in [-0.3, -0.25) is 9.67 Å². The maximum absolute atomic E-state index is 5.97. The number of hydrogen-bond acceptors (Lipinski definition) is 3. The van der Waals surface area contributed by atoms with Gasteiger partial charge in [0.2, 0.25) is 0 Å². The van der Waals surface area contributed by atoms with Crippen molar-refractivity contribution in [3.8, 4) is 11.1 Å². The fourth-order valence-electron chi connectivity index (χ4n) is 2.02. The van der Waals surface area contributed by atoms with E-state index in [1.165, 1.54) is 0 Å². The van der Waals surface area contributed by atoms with Gasteiger partial charge in [-0.05, 0) is 6.07 Å². The normalized spacial score (nSPS) is 12.2. The highest BCUT2D eigenvalue weighted by Crippen LogP contribution is 2.23. The van der Waals surface area contributed by atoms with Gasteiger partial charge in [-0.2, -0.15) is 5.10 Å². The minimum Gasteiger partial charge on any atom is -0.465 e. The molecule has 3 aromatic heterocycles. The number of aryl methyl sites for hydroxylation is 1. The summed E-state index contributed by atoms with van der Waals surface area (Å²) in [5.41, 5.74) is 3.89. The van der Waals surface area contributed by atoms with Crippen molar-refractivity contribution in [2.75, 3.05) is 0 Å². The van der Waals surface area contributed by atoms with Crippen LogP contribution in [0.1, 0.15) is 0 Å². The van der Waals surface area contributed by atoms with Crippen molar-refractivity contribution < 1.29 is 4.42 Å². The van der Waals surface area contributed by atoms with E-state index in [4.69, 9.17) is 4.42 Å². The second-order valence-electron chi connectivity index (χ2n) is 5.87. The van der Waals surface area contributed by atoms with Crippen LogP contribution in [0.4, 0.5) is 0 Å². The Kier molecular flexibility index (Phi) is 2.60. The Labute approximate surface area is 113 Å². The largest absolute Gasteiger partial charge is 0.465 e. The van der Waals surface area contributed by atoms with Crippen LogP contribution in [0.3, 0.4) is 0 Å².